The number of benzene rings is 2. The third kappa shape index (κ3) is 3.99. The number of nitrogens with one attached hydrogen (secondary N) is 1. The van der Waals surface area contributed by atoms with Crippen LogP contribution in [-0.4, -0.2) is 21.2 Å². The first-order valence-electron chi connectivity index (χ1n) is 10.3. The molecule has 0 fully saturated rings. The Kier molecular flexibility index (Phi) is 5.76. The molecular weight excluding hydrogens is 422 g/mol. The van der Waals surface area contributed by atoms with Gasteiger partial charge in [-0.3, -0.25) is 19.0 Å². The van der Waals surface area contributed by atoms with Crippen LogP contribution in [0.15, 0.2) is 59.7 Å². The number of aromatic nitrogens is 2. The van der Waals surface area contributed by atoms with Crippen molar-refractivity contribution in [1.29, 1.82) is 0 Å². The van der Waals surface area contributed by atoms with E-state index in [-0.39, 0.29) is 17.2 Å². The molecule has 162 valence electrons. The number of rotatable bonds is 5. The van der Waals surface area contributed by atoms with E-state index < -0.39 is 6.04 Å². The molecule has 2 heterocycles. The van der Waals surface area contributed by atoms with E-state index in [1.807, 2.05) is 38.1 Å². The fourth-order valence-corrected chi connectivity index (χ4v) is 4.75. The maximum absolute atomic E-state index is 13.5. The molecule has 0 spiro atoms. The zero-order chi connectivity index (χ0) is 23.0. The van der Waals surface area contributed by atoms with Crippen LogP contribution in [0.3, 0.4) is 0 Å². The zero-order valence-corrected chi connectivity index (χ0v) is 19.1. The second-order valence-corrected chi connectivity index (χ2v) is 9.04. The number of ketones is 1. The highest BCUT2D eigenvalue weighted by Crippen LogP contribution is 2.35. The summed E-state index contributed by atoms with van der Waals surface area (Å²) in [5.74, 6) is -0.384. The smallest absolute Gasteiger partial charge is 0.263 e. The Labute approximate surface area is 189 Å². The average molecular weight is 446 g/mol. The highest BCUT2D eigenvalue weighted by Gasteiger charge is 2.22. The van der Waals surface area contributed by atoms with Crippen molar-refractivity contribution in [1.82, 2.24) is 9.55 Å². The molecule has 7 heteroatoms. The Bertz CT molecular complexity index is 1380. The topological polar surface area (TPSA) is 81.1 Å². The van der Waals surface area contributed by atoms with Gasteiger partial charge in [-0.1, -0.05) is 29.8 Å². The van der Waals surface area contributed by atoms with E-state index in [4.69, 9.17) is 0 Å². The molecule has 4 rings (SSSR count). The van der Waals surface area contributed by atoms with Gasteiger partial charge in [0.2, 0.25) is 5.91 Å². The van der Waals surface area contributed by atoms with Crippen molar-refractivity contribution in [2.24, 2.45) is 0 Å². The first-order chi connectivity index (χ1) is 15.3. The Morgan fingerprint density at radius 3 is 2.31 bits per heavy atom. The van der Waals surface area contributed by atoms with Crippen LogP contribution in [0.5, 0.6) is 0 Å². The highest BCUT2D eigenvalue weighted by molar-refractivity contribution is 7.19. The van der Waals surface area contributed by atoms with Crippen molar-refractivity contribution in [2.45, 2.75) is 33.7 Å². The molecule has 1 N–H and O–H groups in total. The molecule has 0 saturated carbocycles. The maximum Gasteiger partial charge on any atom is 0.263 e. The Morgan fingerprint density at radius 2 is 1.69 bits per heavy atom. The minimum absolute atomic E-state index is 0.182. The van der Waals surface area contributed by atoms with E-state index >= 15 is 0 Å². The number of hydrogen-bond donors (Lipinski definition) is 1. The second-order valence-electron chi connectivity index (χ2n) is 7.84. The summed E-state index contributed by atoms with van der Waals surface area (Å²) in [6.45, 7) is 7.13. The first-order valence-corrected chi connectivity index (χ1v) is 11.1. The van der Waals surface area contributed by atoms with Crippen LogP contribution < -0.4 is 10.9 Å². The van der Waals surface area contributed by atoms with Gasteiger partial charge in [0, 0.05) is 28.6 Å². The molecule has 0 aliphatic heterocycles. The van der Waals surface area contributed by atoms with E-state index in [0.717, 1.165) is 21.6 Å². The van der Waals surface area contributed by atoms with Gasteiger partial charge in [0.1, 0.15) is 4.83 Å². The van der Waals surface area contributed by atoms with E-state index in [1.54, 1.807) is 31.2 Å². The largest absolute Gasteiger partial charge is 0.326 e. The fraction of sp³-hybridized carbons (Fsp3) is 0.200. The number of fused-ring (bicyclic) bond motifs is 1. The summed E-state index contributed by atoms with van der Waals surface area (Å²) in [7, 11) is 0. The highest BCUT2D eigenvalue weighted by atomic mass is 32.1. The van der Waals surface area contributed by atoms with Crippen molar-refractivity contribution >= 4 is 38.9 Å². The second kappa shape index (κ2) is 8.51. The molecule has 1 atom stereocenters. The lowest BCUT2D eigenvalue weighted by Crippen LogP contribution is -2.28. The Balaban J connectivity index is 1.74. The lowest BCUT2D eigenvalue weighted by molar-refractivity contribution is -0.114. The minimum atomic E-state index is -0.725. The van der Waals surface area contributed by atoms with Gasteiger partial charge in [0.25, 0.3) is 5.56 Å². The predicted octanol–water partition coefficient (Wildman–Crippen LogP) is 5.14. The number of aryl methyl sites for hydroxylation is 2. The van der Waals surface area contributed by atoms with Gasteiger partial charge in [0.15, 0.2) is 5.78 Å². The number of thiophene rings is 1. The van der Waals surface area contributed by atoms with Crippen LogP contribution in [0.2, 0.25) is 0 Å². The van der Waals surface area contributed by atoms with Crippen LogP contribution in [0.25, 0.3) is 21.3 Å². The van der Waals surface area contributed by atoms with Crippen LogP contribution in [0.1, 0.15) is 40.7 Å². The monoisotopic (exact) mass is 445 g/mol. The SMILES string of the molecule is CC(=O)Nc1ccc(C(=O)C(C)n2cnc3sc(C)c(-c4ccc(C)cc4)c3c2=O)cc1. The molecule has 0 saturated heterocycles. The molecule has 0 bridgehead atoms. The van der Waals surface area contributed by atoms with Crippen LogP contribution in [0, 0.1) is 13.8 Å². The normalized spacial score (nSPS) is 12.0. The summed E-state index contributed by atoms with van der Waals surface area (Å²) in [6, 6.07) is 14.0. The number of amides is 1. The third-order valence-electron chi connectivity index (χ3n) is 5.44. The average Bonchev–Trinajstić information content (AvgIpc) is 3.10. The lowest BCUT2D eigenvalue weighted by atomic mass is 10.0. The Hall–Kier alpha value is -3.58. The molecule has 4 aromatic rings. The molecule has 0 aliphatic carbocycles. The van der Waals surface area contributed by atoms with Gasteiger partial charge in [-0.15, -0.1) is 11.3 Å². The summed E-state index contributed by atoms with van der Waals surface area (Å²) < 4.78 is 1.40. The maximum atomic E-state index is 13.5. The summed E-state index contributed by atoms with van der Waals surface area (Å²) in [5, 5.41) is 3.22. The van der Waals surface area contributed by atoms with E-state index in [1.165, 1.54) is 29.2 Å². The zero-order valence-electron chi connectivity index (χ0n) is 18.3. The molecule has 2 aromatic carbocycles. The van der Waals surface area contributed by atoms with Crippen molar-refractivity contribution < 1.29 is 9.59 Å². The predicted molar refractivity (Wildman–Crippen MR) is 129 cm³/mol. The number of carbonyl (C=O) groups is 2. The molecule has 32 heavy (non-hydrogen) atoms. The molecule has 1 unspecified atom stereocenters. The number of hydrogen-bond acceptors (Lipinski definition) is 5. The molecular formula is C25H23N3O3S. The minimum Gasteiger partial charge on any atom is -0.326 e. The van der Waals surface area contributed by atoms with Gasteiger partial charge in [-0.25, -0.2) is 4.98 Å². The molecule has 1 amide bonds. The van der Waals surface area contributed by atoms with E-state index in [9.17, 15) is 14.4 Å². The fourth-order valence-electron chi connectivity index (χ4n) is 3.75. The van der Waals surface area contributed by atoms with E-state index in [0.29, 0.717) is 21.5 Å². The summed E-state index contributed by atoms with van der Waals surface area (Å²) >= 11 is 1.48. The van der Waals surface area contributed by atoms with Crippen molar-refractivity contribution in [3.8, 4) is 11.1 Å². The van der Waals surface area contributed by atoms with Gasteiger partial charge in [0.05, 0.1) is 17.8 Å². The third-order valence-corrected chi connectivity index (χ3v) is 6.45. The van der Waals surface area contributed by atoms with Gasteiger partial charge >= 0.3 is 0 Å². The van der Waals surface area contributed by atoms with Crippen LogP contribution in [-0.2, 0) is 4.79 Å². The van der Waals surface area contributed by atoms with Crippen LogP contribution >= 0.6 is 11.3 Å². The van der Waals surface area contributed by atoms with Gasteiger partial charge in [-0.05, 0) is 50.6 Å². The van der Waals surface area contributed by atoms with Crippen LogP contribution in [0.4, 0.5) is 5.69 Å². The first kappa shape index (κ1) is 21.6. The molecule has 6 nitrogen and oxygen atoms in total. The number of nitrogens with zero attached hydrogens (tertiary/aromatic N) is 2. The Morgan fingerprint density at radius 1 is 1.03 bits per heavy atom. The van der Waals surface area contributed by atoms with Crippen molar-refractivity contribution in [3.05, 3.63) is 81.2 Å². The van der Waals surface area contributed by atoms with E-state index in [2.05, 4.69) is 10.3 Å². The standard InChI is InChI=1S/C25H23N3O3S/c1-14-5-7-18(8-6-14)21-16(3)32-24-22(21)25(31)28(13-26-24)15(2)23(30)19-9-11-20(12-10-19)27-17(4)29/h5-13,15H,1-4H3,(H,27,29). The van der Waals surface area contributed by atoms with Crippen molar-refractivity contribution in [3.63, 3.8) is 0 Å². The molecule has 2 aromatic heterocycles. The van der Waals surface area contributed by atoms with Crippen molar-refractivity contribution in [2.75, 3.05) is 5.32 Å². The summed E-state index contributed by atoms with van der Waals surface area (Å²) in [6.07, 6.45) is 1.45. The summed E-state index contributed by atoms with van der Waals surface area (Å²) in [5.41, 5.74) is 3.81. The lowest BCUT2D eigenvalue weighted by Gasteiger charge is -2.14. The van der Waals surface area contributed by atoms with Gasteiger partial charge in [-0.2, -0.15) is 0 Å². The quantitative estimate of drug-likeness (QED) is 0.431. The molecule has 0 aliphatic rings. The van der Waals surface area contributed by atoms with Gasteiger partial charge < -0.3 is 5.32 Å². The molecule has 0 radical (unpaired) electrons. The number of Topliss-reactive ketones (excluding diaryl/α,β-unsaturated/α-hetero) is 1. The number of anilines is 1. The summed E-state index contributed by atoms with van der Waals surface area (Å²) in [4.78, 5) is 43.9. The number of carbonyl (C=O) groups excluding carboxylic acids is 2.